The summed E-state index contributed by atoms with van der Waals surface area (Å²) in [4.78, 5) is 16.5. The maximum Gasteiger partial charge on any atom is 0.234 e. The molecule has 0 saturated heterocycles. The number of nitrogens with zero attached hydrogens (tertiary/aromatic N) is 2. The third-order valence-electron chi connectivity index (χ3n) is 3.60. The normalized spacial score (nSPS) is 10.6. The highest BCUT2D eigenvalue weighted by atomic mass is 35.5. The van der Waals surface area contributed by atoms with Gasteiger partial charge < -0.3 is 10.1 Å². The van der Waals surface area contributed by atoms with Gasteiger partial charge in [0.25, 0.3) is 0 Å². The first-order valence-electron chi connectivity index (χ1n) is 7.96. The van der Waals surface area contributed by atoms with E-state index in [0.29, 0.717) is 27.3 Å². The Labute approximate surface area is 170 Å². The summed E-state index contributed by atoms with van der Waals surface area (Å²) in [6, 6.07) is 12.8. The van der Waals surface area contributed by atoms with Gasteiger partial charge in [0.1, 0.15) is 11.6 Å². The molecule has 0 aliphatic carbocycles. The number of carbonyl (C=O) groups is 1. The van der Waals surface area contributed by atoms with Gasteiger partial charge in [-0.15, -0.1) is 5.10 Å². The number of benzene rings is 2. The molecule has 0 spiro atoms. The fraction of sp³-hybridized carbons (Fsp3) is 0.167. The lowest BCUT2D eigenvalue weighted by Gasteiger charge is -2.07. The van der Waals surface area contributed by atoms with Crippen molar-refractivity contribution in [3.05, 3.63) is 63.9 Å². The van der Waals surface area contributed by atoms with Crippen LogP contribution in [0.1, 0.15) is 11.4 Å². The summed E-state index contributed by atoms with van der Waals surface area (Å²) in [7, 11) is 1.63. The maximum absolute atomic E-state index is 12.1. The molecule has 2 N–H and O–H groups in total. The second kappa shape index (κ2) is 9.12. The van der Waals surface area contributed by atoms with E-state index in [-0.39, 0.29) is 11.7 Å². The monoisotopic (exact) mass is 422 g/mol. The van der Waals surface area contributed by atoms with Crippen molar-refractivity contribution in [2.45, 2.75) is 11.6 Å². The number of ether oxygens (including phenoxy) is 1. The fourth-order valence-corrected chi connectivity index (χ4v) is 3.24. The number of hydrogen-bond acceptors (Lipinski definition) is 5. The molecular formula is C18H16Cl2N4O2S. The first-order chi connectivity index (χ1) is 13.0. The van der Waals surface area contributed by atoms with Crippen molar-refractivity contribution in [1.82, 2.24) is 15.2 Å². The van der Waals surface area contributed by atoms with Crippen LogP contribution in [0, 0.1) is 0 Å². The molecular weight excluding hydrogens is 407 g/mol. The zero-order valence-corrected chi connectivity index (χ0v) is 16.7. The number of halogens is 2. The minimum Gasteiger partial charge on any atom is -0.497 e. The molecule has 140 valence electrons. The SMILES string of the molecule is COc1ccc(Cc2nc(SCC(=O)Nc3cccc(Cl)c3Cl)n[nH]2)cc1. The van der Waals surface area contributed by atoms with E-state index in [1.807, 2.05) is 24.3 Å². The summed E-state index contributed by atoms with van der Waals surface area (Å²) in [5.41, 5.74) is 1.56. The number of aromatic nitrogens is 3. The molecule has 6 nitrogen and oxygen atoms in total. The summed E-state index contributed by atoms with van der Waals surface area (Å²) in [5, 5.41) is 11.0. The van der Waals surface area contributed by atoms with Crippen LogP contribution in [0.2, 0.25) is 10.0 Å². The van der Waals surface area contributed by atoms with E-state index in [4.69, 9.17) is 27.9 Å². The van der Waals surface area contributed by atoms with E-state index < -0.39 is 0 Å². The van der Waals surface area contributed by atoms with E-state index in [2.05, 4.69) is 20.5 Å². The molecule has 0 unspecified atom stereocenters. The first kappa shape index (κ1) is 19.5. The van der Waals surface area contributed by atoms with Crippen molar-refractivity contribution in [1.29, 1.82) is 0 Å². The van der Waals surface area contributed by atoms with E-state index in [9.17, 15) is 4.79 Å². The van der Waals surface area contributed by atoms with Crippen LogP contribution in [-0.2, 0) is 11.2 Å². The summed E-state index contributed by atoms with van der Waals surface area (Å²) >= 11 is 13.2. The number of carbonyl (C=O) groups excluding carboxylic acids is 1. The number of rotatable bonds is 7. The number of aromatic amines is 1. The van der Waals surface area contributed by atoms with Gasteiger partial charge in [0.05, 0.1) is 28.6 Å². The van der Waals surface area contributed by atoms with Crippen LogP contribution in [0.4, 0.5) is 5.69 Å². The molecule has 0 saturated carbocycles. The number of amides is 1. The van der Waals surface area contributed by atoms with Crippen molar-refractivity contribution >= 4 is 46.6 Å². The molecule has 0 aliphatic heterocycles. The van der Waals surface area contributed by atoms with Gasteiger partial charge in [-0.25, -0.2) is 4.98 Å². The Balaban J connectivity index is 1.52. The smallest absolute Gasteiger partial charge is 0.234 e. The molecule has 0 aliphatic rings. The van der Waals surface area contributed by atoms with Gasteiger partial charge in [-0.05, 0) is 29.8 Å². The zero-order valence-electron chi connectivity index (χ0n) is 14.3. The van der Waals surface area contributed by atoms with E-state index >= 15 is 0 Å². The average molecular weight is 423 g/mol. The first-order valence-corrected chi connectivity index (χ1v) is 9.70. The average Bonchev–Trinajstić information content (AvgIpc) is 3.12. The lowest BCUT2D eigenvalue weighted by molar-refractivity contribution is -0.113. The molecule has 27 heavy (non-hydrogen) atoms. The quantitative estimate of drug-likeness (QED) is 0.550. The number of nitrogens with one attached hydrogen (secondary N) is 2. The molecule has 0 atom stereocenters. The lowest BCUT2D eigenvalue weighted by atomic mass is 10.1. The van der Waals surface area contributed by atoms with Gasteiger partial charge in [-0.1, -0.05) is 53.2 Å². The third-order valence-corrected chi connectivity index (χ3v) is 5.27. The molecule has 0 radical (unpaired) electrons. The highest BCUT2D eigenvalue weighted by Gasteiger charge is 2.11. The minimum atomic E-state index is -0.217. The van der Waals surface area contributed by atoms with Gasteiger partial charge in [-0.2, -0.15) is 0 Å². The second-order valence-corrected chi connectivity index (χ2v) is 7.26. The van der Waals surface area contributed by atoms with Crippen molar-refractivity contribution in [2.75, 3.05) is 18.2 Å². The second-order valence-electron chi connectivity index (χ2n) is 5.53. The Bertz CT molecular complexity index is 931. The molecule has 1 amide bonds. The van der Waals surface area contributed by atoms with E-state index in [0.717, 1.165) is 17.1 Å². The van der Waals surface area contributed by atoms with Crippen LogP contribution in [0.5, 0.6) is 5.75 Å². The number of anilines is 1. The van der Waals surface area contributed by atoms with Crippen molar-refractivity contribution in [3.8, 4) is 5.75 Å². The molecule has 1 heterocycles. The molecule has 0 fully saturated rings. The predicted molar refractivity (Wildman–Crippen MR) is 108 cm³/mol. The van der Waals surface area contributed by atoms with Crippen LogP contribution < -0.4 is 10.1 Å². The fourth-order valence-electron chi connectivity index (χ4n) is 2.27. The third kappa shape index (κ3) is 5.38. The van der Waals surface area contributed by atoms with Crippen molar-refractivity contribution in [2.24, 2.45) is 0 Å². The summed E-state index contributed by atoms with van der Waals surface area (Å²) in [6.45, 7) is 0. The standard InChI is InChI=1S/C18H16Cl2N4O2S/c1-26-12-7-5-11(6-8-12)9-15-22-18(24-23-15)27-10-16(25)21-14-4-2-3-13(19)17(14)20/h2-8H,9-10H2,1H3,(H,21,25)(H,22,23,24). The Morgan fingerprint density at radius 2 is 2.00 bits per heavy atom. The predicted octanol–water partition coefficient (Wildman–Crippen LogP) is 4.44. The molecule has 9 heteroatoms. The Kier molecular flexibility index (Phi) is 6.60. The molecule has 0 bridgehead atoms. The lowest BCUT2D eigenvalue weighted by Crippen LogP contribution is -2.14. The van der Waals surface area contributed by atoms with Crippen LogP contribution in [0.25, 0.3) is 0 Å². The number of thioether (sulfide) groups is 1. The molecule has 2 aromatic carbocycles. The highest BCUT2D eigenvalue weighted by molar-refractivity contribution is 7.99. The van der Waals surface area contributed by atoms with Gasteiger partial charge in [0.2, 0.25) is 11.1 Å². The number of H-pyrrole nitrogens is 1. The van der Waals surface area contributed by atoms with E-state index in [1.165, 1.54) is 11.8 Å². The van der Waals surface area contributed by atoms with E-state index in [1.54, 1.807) is 25.3 Å². The van der Waals surface area contributed by atoms with Gasteiger partial charge >= 0.3 is 0 Å². The van der Waals surface area contributed by atoms with Crippen molar-refractivity contribution in [3.63, 3.8) is 0 Å². The maximum atomic E-state index is 12.1. The summed E-state index contributed by atoms with van der Waals surface area (Å²) < 4.78 is 5.14. The molecule has 1 aromatic heterocycles. The Morgan fingerprint density at radius 1 is 1.22 bits per heavy atom. The number of hydrogen-bond donors (Lipinski definition) is 2. The molecule has 3 rings (SSSR count). The van der Waals surface area contributed by atoms with Crippen molar-refractivity contribution < 1.29 is 9.53 Å². The summed E-state index contributed by atoms with van der Waals surface area (Å²) in [6.07, 6.45) is 0.613. The Hall–Kier alpha value is -2.22. The van der Waals surface area contributed by atoms with Crippen LogP contribution >= 0.6 is 35.0 Å². The van der Waals surface area contributed by atoms with Gasteiger partial charge in [-0.3, -0.25) is 9.89 Å². The van der Waals surface area contributed by atoms with Crippen LogP contribution in [0.3, 0.4) is 0 Å². The van der Waals surface area contributed by atoms with Crippen LogP contribution in [0.15, 0.2) is 47.6 Å². The van der Waals surface area contributed by atoms with Crippen LogP contribution in [-0.4, -0.2) is 34.0 Å². The highest BCUT2D eigenvalue weighted by Crippen LogP contribution is 2.29. The topological polar surface area (TPSA) is 79.9 Å². The largest absolute Gasteiger partial charge is 0.497 e. The number of methoxy groups -OCH3 is 1. The zero-order chi connectivity index (χ0) is 19.2. The summed E-state index contributed by atoms with van der Waals surface area (Å²) in [5.74, 6) is 1.47. The molecule has 3 aromatic rings. The Morgan fingerprint density at radius 3 is 2.74 bits per heavy atom. The minimum absolute atomic E-state index is 0.155. The van der Waals surface area contributed by atoms with Gasteiger partial charge in [0, 0.05) is 6.42 Å². The van der Waals surface area contributed by atoms with Gasteiger partial charge in [0.15, 0.2) is 0 Å².